The fourth-order valence-corrected chi connectivity index (χ4v) is 4.85. The molecule has 1 saturated heterocycles. The van der Waals surface area contributed by atoms with Crippen molar-refractivity contribution in [3.63, 3.8) is 0 Å². The van der Waals surface area contributed by atoms with Gasteiger partial charge in [0.05, 0.1) is 6.61 Å². The summed E-state index contributed by atoms with van der Waals surface area (Å²) in [6, 6.07) is 13.6. The molecule has 1 aliphatic heterocycles. The van der Waals surface area contributed by atoms with E-state index >= 15 is 0 Å². The highest BCUT2D eigenvalue weighted by atomic mass is 35.5. The highest BCUT2D eigenvalue weighted by Gasteiger charge is 2.22. The first-order valence-corrected chi connectivity index (χ1v) is 11.1. The van der Waals surface area contributed by atoms with E-state index in [1.54, 1.807) is 0 Å². The molecule has 0 spiro atoms. The number of hydrogen-bond donors (Lipinski definition) is 0. The van der Waals surface area contributed by atoms with Crippen molar-refractivity contribution in [2.75, 3.05) is 32.8 Å². The standard InChI is InChI=1S/C24H27NO3S.ClH/c1-3-27-19-9-7-18(8-10-19)22(26)24-23(28-15-14-25-12-4-5-13-25)20-16-17(2)6-11-21(20)29-24;/h6-11,16H,3-5,12-15H2,1-2H3;1H. The van der Waals surface area contributed by atoms with Crippen molar-refractivity contribution >= 4 is 39.6 Å². The van der Waals surface area contributed by atoms with Crippen LogP contribution in [0.4, 0.5) is 0 Å². The number of thiophene rings is 1. The van der Waals surface area contributed by atoms with E-state index in [9.17, 15) is 4.79 Å². The van der Waals surface area contributed by atoms with E-state index in [0.29, 0.717) is 23.7 Å². The fraction of sp³-hybridized carbons (Fsp3) is 0.375. The number of nitrogens with zero attached hydrogens (tertiary/aromatic N) is 1. The molecule has 2 aromatic carbocycles. The third-order valence-electron chi connectivity index (χ3n) is 5.28. The first-order valence-electron chi connectivity index (χ1n) is 10.3. The van der Waals surface area contributed by atoms with Crippen LogP contribution in [0, 0.1) is 6.92 Å². The van der Waals surface area contributed by atoms with Gasteiger partial charge in [-0.3, -0.25) is 9.69 Å². The van der Waals surface area contributed by atoms with Crippen molar-refractivity contribution in [2.45, 2.75) is 26.7 Å². The smallest absolute Gasteiger partial charge is 0.206 e. The topological polar surface area (TPSA) is 38.8 Å². The van der Waals surface area contributed by atoms with Crippen LogP contribution >= 0.6 is 23.7 Å². The van der Waals surface area contributed by atoms with Crippen molar-refractivity contribution in [1.82, 2.24) is 4.90 Å². The van der Waals surface area contributed by atoms with E-state index in [4.69, 9.17) is 9.47 Å². The van der Waals surface area contributed by atoms with Crippen LogP contribution in [0.15, 0.2) is 42.5 Å². The highest BCUT2D eigenvalue weighted by Crippen LogP contribution is 2.39. The van der Waals surface area contributed by atoms with Crippen molar-refractivity contribution < 1.29 is 14.3 Å². The number of fused-ring (bicyclic) bond motifs is 1. The van der Waals surface area contributed by atoms with Crippen LogP contribution in [-0.2, 0) is 0 Å². The van der Waals surface area contributed by atoms with E-state index in [1.807, 2.05) is 31.2 Å². The number of hydrogen-bond acceptors (Lipinski definition) is 5. The molecular formula is C24H28ClNO3S. The second-order valence-electron chi connectivity index (χ2n) is 7.44. The van der Waals surface area contributed by atoms with E-state index < -0.39 is 0 Å². The number of carbonyl (C=O) groups excluding carboxylic acids is 1. The average Bonchev–Trinajstić information content (AvgIpc) is 3.36. The molecule has 1 aromatic heterocycles. The average molecular weight is 446 g/mol. The SMILES string of the molecule is CCOc1ccc(C(=O)c2sc3ccc(C)cc3c2OCCN2CCCC2)cc1.Cl. The van der Waals surface area contributed by atoms with Crippen LogP contribution < -0.4 is 9.47 Å². The third-order valence-corrected chi connectivity index (χ3v) is 6.44. The molecule has 0 saturated carbocycles. The minimum Gasteiger partial charge on any atom is -0.494 e. The Morgan fingerprint density at radius 2 is 1.80 bits per heavy atom. The molecule has 1 fully saturated rings. The van der Waals surface area contributed by atoms with Gasteiger partial charge < -0.3 is 9.47 Å². The summed E-state index contributed by atoms with van der Waals surface area (Å²) in [4.78, 5) is 16.4. The van der Waals surface area contributed by atoms with Crippen LogP contribution in [0.1, 0.15) is 40.6 Å². The Bertz CT molecular complexity index is 994. The normalized spacial score (nSPS) is 13.9. The number of benzene rings is 2. The number of ketones is 1. The second-order valence-corrected chi connectivity index (χ2v) is 8.50. The number of carbonyl (C=O) groups is 1. The van der Waals surface area contributed by atoms with Gasteiger partial charge in [0, 0.05) is 22.2 Å². The molecule has 160 valence electrons. The Labute approximate surface area is 188 Å². The molecule has 0 amide bonds. The van der Waals surface area contributed by atoms with E-state index in [0.717, 1.165) is 41.2 Å². The van der Waals surface area contributed by atoms with Crippen molar-refractivity contribution in [3.8, 4) is 11.5 Å². The lowest BCUT2D eigenvalue weighted by Crippen LogP contribution is -2.25. The molecule has 4 nitrogen and oxygen atoms in total. The quantitative estimate of drug-likeness (QED) is 0.414. The van der Waals surface area contributed by atoms with Crippen molar-refractivity contribution in [3.05, 3.63) is 58.5 Å². The van der Waals surface area contributed by atoms with Crippen LogP contribution in [0.5, 0.6) is 11.5 Å². The zero-order valence-corrected chi connectivity index (χ0v) is 19.1. The lowest BCUT2D eigenvalue weighted by molar-refractivity contribution is 0.103. The number of ether oxygens (including phenoxy) is 2. The fourth-order valence-electron chi connectivity index (χ4n) is 3.76. The minimum atomic E-state index is 0. The molecule has 0 N–H and O–H groups in total. The zero-order chi connectivity index (χ0) is 20.2. The lowest BCUT2D eigenvalue weighted by atomic mass is 10.1. The molecule has 0 atom stereocenters. The van der Waals surface area contributed by atoms with E-state index in [1.165, 1.54) is 29.7 Å². The van der Waals surface area contributed by atoms with E-state index in [-0.39, 0.29) is 18.2 Å². The monoisotopic (exact) mass is 445 g/mol. The van der Waals surface area contributed by atoms with Crippen molar-refractivity contribution in [1.29, 1.82) is 0 Å². The predicted octanol–water partition coefficient (Wildman–Crippen LogP) is 5.74. The molecule has 0 bridgehead atoms. The largest absolute Gasteiger partial charge is 0.494 e. The van der Waals surface area contributed by atoms with Crippen LogP contribution in [-0.4, -0.2) is 43.5 Å². The highest BCUT2D eigenvalue weighted by molar-refractivity contribution is 7.21. The number of likely N-dealkylation sites (tertiary alicyclic amines) is 1. The molecule has 6 heteroatoms. The summed E-state index contributed by atoms with van der Waals surface area (Å²) >= 11 is 1.51. The van der Waals surface area contributed by atoms with Gasteiger partial charge in [0.1, 0.15) is 23.0 Å². The Hall–Kier alpha value is -2.08. The second kappa shape index (κ2) is 10.3. The van der Waals surface area contributed by atoms with Gasteiger partial charge in [0.25, 0.3) is 0 Å². The minimum absolute atomic E-state index is 0. The Balaban J connectivity index is 0.00000256. The molecular weight excluding hydrogens is 418 g/mol. The summed E-state index contributed by atoms with van der Waals surface area (Å²) in [7, 11) is 0. The predicted molar refractivity (Wildman–Crippen MR) is 126 cm³/mol. The summed E-state index contributed by atoms with van der Waals surface area (Å²) in [5, 5.41) is 1.03. The van der Waals surface area contributed by atoms with Gasteiger partial charge in [-0.1, -0.05) is 11.6 Å². The molecule has 0 radical (unpaired) electrons. The molecule has 4 rings (SSSR count). The Morgan fingerprint density at radius 1 is 1.07 bits per heavy atom. The van der Waals surface area contributed by atoms with Gasteiger partial charge >= 0.3 is 0 Å². The maximum absolute atomic E-state index is 13.3. The van der Waals surface area contributed by atoms with Gasteiger partial charge in [-0.15, -0.1) is 23.7 Å². The molecule has 3 aromatic rings. The number of halogens is 1. The maximum Gasteiger partial charge on any atom is 0.206 e. The number of aryl methyl sites for hydroxylation is 1. The summed E-state index contributed by atoms with van der Waals surface area (Å²) < 4.78 is 12.8. The molecule has 1 aliphatic rings. The molecule has 30 heavy (non-hydrogen) atoms. The zero-order valence-electron chi connectivity index (χ0n) is 17.5. The van der Waals surface area contributed by atoms with Gasteiger partial charge in [0.2, 0.25) is 5.78 Å². The summed E-state index contributed by atoms with van der Waals surface area (Å²) in [5.74, 6) is 1.51. The third kappa shape index (κ3) is 4.97. The van der Waals surface area contributed by atoms with Crippen LogP contribution in [0.3, 0.4) is 0 Å². The molecule has 0 unspecified atom stereocenters. The van der Waals surface area contributed by atoms with Crippen LogP contribution in [0.2, 0.25) is 0 Å². The first kappa shape index (κ1) is 22.6. The summed E-state index contributed by atoms with van der Waals surface area (Å²) in [6.07, 6.45) is 2.53. The first-order chi connectivity index (χ1) is 14.2. The molecule has 2 heterocycles. The van der Waals surface area contributed by atoms with E-state index in [2.05, 4.69) is 30.0 Å². The Morgan fingerprint density at radius 3 is 2.50 bits per heavy atom. The summed E-state index contributed by atoms with van der Waals surface area (Å²) in [5.41, 5.74) is 1.82. The Kier molecular flexibility index (Phi) is 7.75. The van der Waals surface area contributed by atoms with Gasteiger partial charge in [-0.2, -0.15) is 0 Å². The lowest BCUT2D eigenvalue weighted by Gasteiger charge is -2.15. The summed E-state index contributed by atoms with van der Waals surface area (Å²) in [6.45, 7) is 8.42. The molecule has 0 aliphatic carbocycles. The van der Waals surface area contributed by atoms with Gasteiger partial charge in [0.15, 0.2) is 0 Å². The maximum atomic E-state index is 13.3. The van der Waals surface area contributed by atoms with Crippen molar-refractivity contribution in [2.24, 2.45) is 0 Å². The van der Waals surface area contributed by atoms with Crippen LogP contribution in [0.25, 0.3) is 10.1 Å². The van der Waals surface area contributed by atoms with Gasteiger partial charge in [-0.05, 0) is 76.2 Å². The van der Waals surface area contributed by atoms with Gasteiger partial charge in [-0.25, -0.2) is 0 Å². The number of rotatable bonds is 8.